The maximum absolute atomic E-state index is 13.1. The Balaban J connectivity index is 1.82. The fourth-order valence-electron chi connectivity index (χ4n) is 2.19. The minimum absolute atomic E-state index is 0.175. The minimum Gasteiger partial charge on any atom is -0.348 e. The summed E-state index contributed by atoms with van der Waals surface area (Å²) in [4.78, 5) is 17.5. The first-order chi connectivity index (χ1) is 11.7. The number of thiophene rings is 1. The second kappa shape index (κ2) is 7.66. The van der Waals surface area contributed by atoms with Crippen LogP contribution in [0.1, 0.15) is 16.0 Å². The fraction of sp³-hybridized carbons (Fsp3) is 0.0526. The van der Waals surface area contributed by atoms with Gasteiger partial charge in [0.25, 0.3) is 5.91 Å². The number of rotatable bonds is 5. The van der Waals surface area contributed by atoms with E-state index >= 15 is 0 Å². The predicted octanol–water partition coefficient (Wildman–Crippen LogP) is 4.14. The van der Waals surface area contributed by atoms with Crippen LogP contribution in [-0.2, 0) is 11.3 Å². The zero-order valence-corrected chi connectivity index (χ0v) is 13.6. The number of benzene rings is 1. The van der Waals surface area contributed by atoms with Crippen LogP contribution in [0.5, 0.6) is 0 Å². The molecule has 0 unspecified atom stereocenters. The van der Waals surface area contributed by atoms with Gasteiger partial charge in [0, 0.05) is 23.8 Å². The van der Waals surface area contributed by atoms with Gasteiger partial charge in [0.15, 0.2) is 0 Å². The highest BCUT2D eigenvalue weighted by Crippen LogP contribution is 2.23. The number of carbonyl (C=O) groups excluding carboxylic acids is 1. The first-order valence-electron chi connectivity index (χ1n) is 7.40. The van der Waals surface area contributed by atoms with E-state index in [4.69, 9.17) is 0 Å². The molecule has 0 aliphatic rings. The van der Waals surface area contributed by atoms with Crippen molar-refractivity contribution in [3.63, 3.8) is 0 Å². The molecule has 0 saturated heterocycles. The molecule has 120 valence electrons. The first-order valence-corrected chi connectivity index (χ1v) is 8.28. The number of hydrogen-bond acceptors (Lipinski definition) is 3. The highest BCUT2D eigenvalue weighted by Gasteiger charge is 2.13. The highest BCUT2D eigenvalue weighted by molar-refractivity contribution is 7.11. The Labute approximate surface area is 143 Å². The van der Waals surface area contributed by atoms with E-state index in [2.05, 4.69) is 10.3 Å². The molecule has 2 heterocycles. The molecule has 2 aromatic heterocycles. The van der Waals surface area contributed by atoms with Crippen LogP contribution in [-0.4, -0.2) is 10.9 Å². The summed E-state index contributed by atoms with van der Waals surface area (Å²) in [5, 5.41) is 4.82. The van der Waals surface area contributed by atoms with Crippen molar-refractivity contribution in [2.45, 2.75) is 6.54 Å². The average molecular weight is 338 g/mol. The number of aromatic nitrogens is 1. The van der Waals surface area contributed by atoms with E-state index in [1.165, 1.54) is 23.5 Å². The standard InChI is InChI=1S/C19H15FN2OS/c20-16-7-5-14(6-8-16)11-17(18-4-2-10-24-18)19(23)22-13-15-3-1-9-21-12-15/h1-12H,13H2,(H,22,23)/b17-11+. The third-order valence-electron chi connectivity index (χ3n) is 3.39. The summed E-state index contributed by atoms with van der Waals surface area (Å²) in [6, 6.07) is 13.6. The molecule has 1 N–H and O–H groups in total. The van der Waals surface area contributed by atoms with Crippen molar-refractivity contribution in [1.82, 2.24) is 10.3 Å². The van der Waals surface area contributed by atoms with Gasteiger partial charge in [-0.1, -0.05) is 24.3 Å². The Bertz CT molecular complexity index is 828. The fourth-order valence-corrected chi connectivity index (χ4v) is 2.93. The third kappa shape index (κ3) is 4.14. The minimum atomic E-state index is -0.300. The van der Waals surface area contributed by atoms with Gasteiger partial charge in [-0.2, -0.15) is 0 Å². The molecule has 1 aromatic carbocycles. The van der Waals surface area contributed by atoms with Crippen LogP contribution in [0.15, 0.2) is 66.3 Å². The van der Waals surface area contributed by atoms with Gasteiger partial charge in [-0.05, 0) is 46.8 Å². The Hall–Kier alpha value is -2.79. The number of pyridine rings is 1. The van der Waals surface area contributed by atoms with Crippen molar-refractivity contribution in [3.8, 4) is 0 Å². The van der Waals surface area contributed by atoms with Crippen molar-refractivity contribution >= 4 is 28.9 Å². The summed E-state index contributed by atoms with van der Waals surface area (Å²) < 4.78 is 13.1. The Morgan fingerprint density at radius 1 is 1.17 bits per heavy atom. The lowest BCUT2D eigenvalue weighted by molar-refractivity contribution is -0.115. The molecule has 0 fully saturated rings. The van der Waals surface area contributed by atoms with Crippen LogP contribution in [0.3, 0.4) is 0 Å². The summed E-state index contributed by atoms with van der Waals surface area (Å²) in [5.41, 5.74) is 2.26. The SMILES string of the molecule is O=C(NCc1cccnc1)/C(=C/c1ccc(F)cc1)c1cccs1. The molecule has 0 atom stereocenters. The molecule has 0 saturated carbocycles. The van der Waals surface area contributed by atoms with E-state index in [1.807, 2.05) is 29.6 Å². The molecular formula is C19H15FN2OS. The van der Waals surface area contributed by atoms with Crippen LogP contribution >= 0.6 is 11.3 Å². The maximum atomic E-state index is 13.1. The number of hydrogen-bond donors (Lipinski definition) is 1. The first kappa shape index (κ1) is 16.1. The summed E-state index contributed by atoms with van der Waals surface area (Å²) in [7, 11) is 0. The van der Waals surface area contributed by atoms with Crippen LogP contribution in [0.25, 0.3) is 11.6 Å². The Morgan fingerprint density at radius 3 is 2.67 bits per heavy atom. The molecule has 3 aromatic rings. The van der Waals surface area contributed by atoms with Gasteiger partial charge in [0.1, 0.15) is 5.82 Å². The highest BCUT2D eigenvalue weighted by atomic mass is 32.1. The molecule has 5 heteroatoms. The molecule has 3 rings (SSSR count). The lowest BCUT2D eigenvalue weighted by Gasteiger charge is -2.08. The van der Waals surface area contributed by atoms with Crippen molar-refractivity contribution < 1.29 is 9.18 Å². The Kier molecular flexibility index (Phi) is 5.13. The number of halogens is 1. The summed E-state index contributed by atoms with van der Waals surface area (Å²) in [6.45, 7) is 0.402. The number of nitrogens with zero attached hydrogens (tertiary/aromatic N) is 1. The van der Waals surface area contributed by atoms with Gasteiger partial charge in [-0.3, -0.25) is 9.78 Å². The van der Waals surface area contributed by atoms with Gasteiger partial charge in [-0.15, -0.1) is 11.3 Å². The second-order valence-electron chi connectivity index (χ2n) is 5.13. The van der Waals surface area contributed by atoms with Crippen molar-refractivity contribution in [2.24, 2.45) is 0 Å². The van der Waals surface area contributed by atoms with Crippen LogP contribution < -0.4 is 5.32 Å². The van der Waals surface area contributed by atoms with Crippen LogP contribution in [0.2, 0.25) is 0 Å². The van der Waals surface area contributed by atoms with Gasteiger partial charge < -0.3 is 5.32 Å². The van der Waals surface area contributed by atoms with Crippen molar-refractivity contribution in [3.05, 3.63) is 88.1 Å². The molecule has 0 radical (unpaired) electrons. The maximum Gasteiger partial charge on any atom is 0.253 e. The smallest absolute Gasteiger partial charge is 0.253 e. The van der Waals surface area contributed by atoms with E-state index in [-0.39, 0.29) is 11.7 Å². The van der Waals surface area contributed by atoms with E-state index in [1.54, 1.807) is 30.6 Å². The summed E-state index contributed by atoms with van der Waals surface area (Å²) >= 11 is 1.49. The molecule has 0 aliphatic carbocycles. The van der Waals surface area contributed by atoms with Crippen LogP contribution in [0.4, 0.5) is 4.39 Å². The molecule has 1 amide bonds. The van der Waals surface area contributed by atoms with E-state index in [0.717, 1.165) is 16.0 Å². The van der Waals surface area contributed by atoms with Crippen molar-refractivity contribution in [1.29, 1.82) is 0 Å². The monoisotopic (exact) mass is 338 g/mol. The van der Waals surface area contributed by atoms with Gasteiger partial charge in [0.05, 0.1) is 5.57 Å². The molecular weight excluding hydrogens is 323 g/mol. The van der Waals surface area contributed by atoms with Gasteiger partial charge in [0.2, 0.25) is 0 Å². The Morgan fingerprint density at radius 2 is 2.00 bits per heavy atom. The third-order valence-corrected chi connectivity index (χ3v) is 4.29. The van der Waals surface area contributed by atoms with Gasteiger partial charge >= 0.3 is 0 Å². The molecule has 24 heavy (non-hydrogen) atoms. The van der Waals surface area contributed by atoms with Gasteiger partial charge in [-0.25, -0.2) is 4.39 Å². The van der Waals surface area contributed by atoms with E-state index in [9.17, 15) is 9.18 Å². The number of carbonyl (C=O) groups is 1. The predicted molar refractivity (Wildman–Crippen MR) is 94.7 cm³/mol. The zero-order chi connectivity index (χ0) is 16.8. The average Bonchev–Trinajstić information content (AvgIpc) is 3.14. The number of nitrogens with one attached hydrogen (secondary N) is 1. The molecule has 3 nitrogen and oxygen atoms in total. The summed E-state index contributed by atoms with van der Waals surface area (Å²) in [6.07, 6.45) is 5.18. The quantitative estimate of drug-likeness (QED) is 0.711. The molecule has 0 spiro atoms. The van der Waals surface area contributed by atoms with Crippen LogP contribution in [0, 0.1) is 5.82 Å². The van der Waals surface area contributed by atoms with E-state index in [0.29, 0.717) is 12.1 Å². The zero-order valence-electron chi connectivity index (χ0n) is 12.8. The lowest BCUT2D eigenvalue weighted by Crippen LogP contribution is -2.23. The lowest BCUT2D eigenvalue weighted by atomic mass is 10.1. The summed E-state index contributed by atoms with van der Waals surface area (Å²) in [5.74, 6) is -0.475. The van der Waals surface area contributed by atoms with Crippen molar-refractivity contribution in [2.75, 3.05) is 0 Å². The second-order valence-corrected chi connectivity index (χ2v) is 6.08. The number of amides is 1. The molecule has 0 aliphatic heterocycles. The largest absolute Gasteiger partial charge is 0.348 e. The van der Waals surface area contributed by atoms with E-state index < -0.39 is 0 Å². The topological polar surface area (TPSA) is 42.0 Å². The normalized spacial score (nSPS) is 11.3. The molecule has 0 bridgehead atoms.